The van der Waals surface area contributed by atoms with E-state index in [1.807, 2.05) is 12.1 Å². The summed E-state index contributed by atoms with van der Waals surface area (Å²) in [7, 11) is 0. The fraction of sp³-hybridized carbons (Fsp3) is 0.368. The van der Waals surface area contributed by atoms with Gasteiger partial charge in [-0.1, -0.05) is 12.1 Å². The largest absolute Gasteiger partial charge is 0.331 e. The lowest BCUT2D eigenvalue weighted by Crippen LogP contribution is -2.42. The number of ketones is 1. The van der Waals surface area contributed by atoms with Gasteiger partial charge in [0.25, 0.3) is 5.56 Å². The molecule has 0 amide bonds. The molecule has 0 spiro atoms. The number of Topliss-reactive ketones (excluding diaryl/α,β-unsaturated/α-hetero) is 1. The molecule has 0 radical (unpaired) electrons. The fourth-order valence-corrected chi connectivity index (χ4v) is 3.24. The molecule has 1 aromatic carbocycles. The molecule has 3 rings (SSSR count). The second kappa shape index (κ2) is 6.89. The van der Waals surface area contributed by atoms with Gasteiger partial charge in [0.1, 0.15) is 11.6 Å². The molecule has 128 valence electrons. The van der Waals surface area contributed by atoms with Gasteiger partial charge in [-0.3, -0.25) is 18.7 Å². The molecule has 1 aliphatic carbocycles. The van der Waals surface area contributed by atoms with Crippen molar-refractivity contribution >= 4 is 5.78 Å². The molecule has 0 saturated carbocycles. The average molecular weight is 337 g/mol. The summed E-state index contributed by atoms with van der Waals surface area (Å²) in [5, 5.41) is 9.07. The van der Waals surface area contributed by atoms with Crippen molar-refractivity contribution < 1.29 is 4.79 Å². The summed E-state index contributed by atoms with van der Waals surface area (Å²) in [4.78, 5) is 37.2. The molecule has 0 aliphatic heterocycles. The van der Waals surface area contributed by atoms with Crippen LogP contribution in [0.2, 0.25) is 0 Å². The third kappa shape index (κ3) is 3.18. The average Bonchev–Trinajstić information content (AvgIpc) is 2.64. The molecule has 6 heteroatoms. The normalized spacial score (nSPS) is 13.1. The monoisotopic (exact) mass is 337 g/mol. The molecular formula is C19H19N3O3. The minimum absolute atomic E-state index is 0.139. The summed E-state index contributed by atoms with van der Waals surface area (Å²) in [5.41, 5.74) is 1.50. The lowest BCUT2D eigenvalue weighted by molar-refractivity contribution is 0.0968. The summed E-state index contributed by atoms with van der Waals surface area (Å²) in [5.74, 6) is -0.301. The summed E-state index contributed by atoms with van der Waals surface area (Å²) < 4.78 is 2.12. The van der Waals surface area contributed by atoms with Gasteiger partial charge in [-0.15, -0.1) is 0 Å². The van der Waals surface area contributed by atoms with E-state index in [4.69, 9.17) is 5.26 Å². The van der Waals surface area contributed by atoms with Crippen molar-refractivity contribution in [2.45, 2.75) is 45.7 Å². The van der Waals surface area contributed by atoms with Crippen LogP contribution in [0.25, 0.3) is 0 Å². The number of carbonyl (C=O) groups is 1. The standard InChI is InChI=1S/C19H19N3O3/c1-2-21-11-16(10-20)18(24)22(19(21)25)12-17(23)15-8-7-13-5-3-4-6-14(13)9-15/h7-9,11H,2-6,12H2,1H3. The van der Waals surface area contributed by atoms with Crippen molar-refractivity contribution in [3.05, 3.63) is 67.5 Å². The Hall–Kier alpha value is -2.94. The van der Waals surface area contributed by atoms with Crippen LogP contribution in [-0.4, -0.2) is 14.9 Å². The van der Waals surface area contributed by atoms with E-state index >= 15 is 0 Å². The predicted octanol–water partition coefficient (Wildman–Crippen LogP) is 1.66. The summed E-state index contributed by atoms with van der Waals surface area (Å²) in [6.07, 6.45) is 5.48. The number of nitriles is 1. The van der Waals surface area contributed by atoms with E-state index < -0.39 is 11.2 Å². The predicted molar refractivity (Wildman–Crippen MR) is 92.8 cm³/mol. The first-order chi connectivity index (χ1) is 12.0. The van der Waals surface area contributed by atoms with E-state index in [1.54, 1.807) is 19.1 Å². The number of aryl methyl sites for hydroxylation is 3. The zero-order valence-corrected chi connectivity index (χ0v) is 14.1. The van der Waals surface area contributed by atoms with Crippen molar-refractivity contribution in [2.24, 2.45) is 0 Å². The molecule has 2 aromatic rings. The van der Waals surface area contributed by atoms with Crippen LogP contribution in [-0.2, 0) is 25.9 Å². The highest BCUT2D eigenvalue weighted by atomic mass is 16.2. The molecule has 0 atom stereocenters. The molecule has 6 nitrogen and oxygen atoms in total. The number of benzene rings is 1. The second-order valence-corrected chi connectivity index (χ2v) is 6.23. The third-order valence-corrected chi connectivity index (χ3v) is 4.67. The van der Waals surface area contributed by atoms with E-state index in [0.717, 1.165) is 30.3 Å². The Morgan fingerprint density at radius 1 is 1.20 bits per heavy atom. The van der Waals surface area contributed by atoms with Gasteiger partial charge in [-0.05, 0) is 49.8 Å². The number of hydrogen-bond donors (Lipinski definition) is 0. The number of carbonyl (C=O) groups excluding carboxylic acids is 1. The highest BCUT2D eigenvalue weighted by Gasteiger charge is 2.17. The Morgan fingerprint density at radius 2 is 1.92 bits per heavy atom. The first-order valence-corrected chi connectivity index (χ1v) is 8.44. The Bertz CT molecular complexity index is 992. The van der Waals surface area contributed by atoms with Gasteiger partial charge in [-0.25, -0.2) is 4.79 Å². The third-order valence-electron chi connectivity index (χ3n) is 4.67. The zero-order chi connectivity index (χ0) is 18.0. The Labute approximate surface area is 145 Å². The highest BCUT2D eigenvalue weighted by Crippen LogP contribution is 2.22. The van der Waals surface area contributed by atoms with E-state index in [-0.39, 0.29) is 17.9 Å². The van der Waals surface area contributed by atoms with Crippen molar-refractivity contribution in [1.29, 1.82) is 5.26 Å². The van der Waals surface area contributed by atoms with Crippen LogP contribution in [0.5, 0.6) is 0 Å². The maximum atomic E-state index is 12.6. The smallest absolute Gasteiger partial charge is 0.299 e. The summed E-state index contributed by atoms with van der Waals surface area (Å²) >= 11 is 0. The SMILES string of the molecule is CCn1cc(C#N)c(=O)n(CC(=O)c2ccc3c(c2)CCCC3)c1=O. The zero-order valence-electron chi connectivity index (χ0n) is 14.1. The van der Waals surface area contributed by atoms with Gasteiger partial charge in [0.2, 0.25) is 0 Å². The Morgan fingerprint density at radius 3 is 2.60 bits per heavy atom. The van der Waals surface area contributed by atoms with Crippen LogP contribution in [0.4, 0.5) is 0 Å². The summed E-state index contributed by atoms with van der Waals surface area (Å²) in [6, 6.07) is 7.37. The molecule has 0 N–H and O–H groups in total. The van der Waals surface area contributed by atoms with Gasteiger partial charge in [0.05, 0.1) is 6.54 Å². The van der Waals surface area contributed by atoms with Crippen LogP contribution in [0.3, 0.4) is 0 Å². The minimum atomic E-state index is -0.719. The molecule has 0 saturated heterocycles. The van der Waals surface area contributed by atoms with Crippen LogP contribution < -0.4 is 11.2 Å². The molecular weight excluding hydrogens is 318 g/mol. The Balaban J connectivity index is 1.98. The fourth-order valence-electron chi connectivity index (χ4n) is 3.24. The number of aromatic nitrogens is 2. The van der Waals surface area contributed by atoms with Gasteiger partial charge in [0, 0.05) is 18.3 Å². The second-order valence-electron chi connectivity index (χ2n) is 6.23. The highest BCUT2D eigenvalue weighted by molar-refractivity contribution is 5.96. The van der Waals surface area contributed by atoms with Crippen molar-refractivity contribution in [2.75, 3.05) is 0 Å². The van der Waals surface area contributed by atoms with Crippen molar-refractivity contribution in [1.82, 2.24) is 9.13 Å². The van der Waals surface area contributed by atoms with Crippen molar-refractivity contribution in [3.63, 3.8) is 0 Å². The van der Waals surface area contributed by atoms with Gasteiger partial charge < -0.3 is 0 Å². The molecule has 0 fully saturated rings. The molecule has 1 aromatic heterocycles. The lowest BCUT2D eigenvalue weighted by Gasteiger charge is -2.16. The first-order valence-electron chi connectivity index (χ1n) is 8.44. The molecule has 0 bridgehead atoms. The first kappa shape index (κ1) is 16.9. The van der Waals surface area contributed by atoms with Gasteiger partial charge in [0.15, 0.2) is 5.78 Å². The molecule has 25 heavy (non-hydrogen) atoms. The maximum absolute atomic E-state index is 12.6. The molecule has 0 unspecified atom stereocenters. The number of hydrogen-bond acceptors (Lipinski definition) is 4. The maximum Gasteiger partial charge on any atom is 0.331 e. The van der Waals surface area contributed by atoms with Crippen molar-refractivity contribution in [3.8, 4) is 6.07 Å². The van der Waals surface area contributed by atoms with E-state index in [0.29, 0.717) is 12.1 Å². The van der Waals surface area contributed by atoms with Crippen LogP contribution in [0.15, 0.2) is 34.0 Å². The summed E-state index contributed by atoms with van der Waals surface area (Å²) in [6.45, 7) is 1.70. The van der Waals surface area contributed by atoms with E-state index in [9.17, 15) is 14.4 Å². The number of rotatable bonds is 4. The van der Waals surface area contributed by atoms with E-state index in [1.165, 1.54) is 21.9 Å². The van der Waals surface area contributed by atoms with Gasteiger partial charge >= 0.3 is 5.69 Å². The topological polar surface area (TPSA) is 84.9 Å². The number of nitrogens with zero attached hydrogens (tertiary/aromatic N) is 3. The van der Waals surface area contributed by atoms with E-state index in [2.05, 4.69) is 0 Å². The van der Waals surface area contributed by atoms with Crippen LogP contribution in [0, 0.1) is 11.3 Å². The Kier molecular flexibility index (Phi) is 4.66. The van der Waals surface area contributed by atoms with Crippen LogP contribution in [0.1, 0.15) is 46.8 Å². The minimum Gasteiger partial charge on any atom is -0.299 e. The number of fused-ring (bicyclic) bond motifs is 1. The lowest BCUT2D eigenvalue weighted by atomic mass is 9.90. The van der Waals surface area contributed by atoms with Gasteiger partial charge in [-0.2, -0.15) is 5.26 Å². The quantitative estimate of drug-likeness (QED) is 0.794. The molecule has 1 aliphatic rings. The molecule has 1 heterocycles. The van der Waals surface area contributed by atoms with Crippen LogP contribution >= 0.6 is 0 Å².